The Balaban J connectivity index is 2.25. The number of aryl methyl sites for hydroxylation is 1. The summed E-state index contributed by atoms with van der Waals surface area (Å²) < 4.78 is 13.5. The van der Waals surface area contributed by atoms with Crippen molar-refractivity contribution in [2.24, 2.45) is 0 Å². The Morgan fingerprint density at radius 1 is 1.32 bits per heavy atom. The second kappa shape index (κ2) is 6.53. The maximum atomic E-state index is 13.5. The molecule has 1 aromatic carbocycles. The van der Waals surface area contributed by atoms with Crippen LogP contribution < -0.4 is 5.32 Å². The number of aromatic nitrogens is 1. The predicted molar refractivity (Wildman–Crippen MR) is 78.2 cm³/mol. The molecular weight excluding hydrogens is 311 g/mol. The van der Waals surface area contributed by atoms with Crippen LogP contribution in [0.25, 0.3) is 0 Å². The molecule has 5 nitrogen and oxygen atoms in total. The summed E-state index contributed by atoms with van der Waals surface area (Å²) >= 11 is 5.56. The van der Waals surface area contributed by atoms with E-state index in [1.807, 2.05) is 0 Å². The number of nitrogens with one attached hydrogen (secondary N) is 1. The van der Waals surface area contributed by atoms with Gasteiger partial charge in [-0.3, -0.25) is 9.78 Å². The number of carboxylic acids is 1. The van der Waals surface area contributed by atoms with Crippen LogP contribution in [0, 0.1) is 12.7 Å². The first-order chi connectivity index (χ1) is 10.4. The lowest BCUT2D eigenvalue weighted by atomic mass is 10.1. The summed E-state index contributed by atoms with van der Waals surface area (Å²) in [4.78, 5) is 27.4. The molecular formula is C15H12ClFN2O3. The van der Waals surface area contributed by atoms with E-state index in [0.29, 0.717) is 0 Å². The van der Waals surface area contributed by atoms with E-state index in [1.165, 1.54) is 24.4 Å². The molecule has 1 amide bonds. The number of hydrogen-bond donors (Lipinski definition) is 2. The molecule has 0 bridgehead atoms. The van der Waals surface area contributed by atoms with E-state index in [2.05, 4.69) is 10.3 Å². The number of halogens is 2. The highest BCUT2D eigenvalue weighted by Gasteiger charge is 2.23. The van der Waals surface area contributed by atoms with Crippen molar-refractivity contribution in [2.75, 3.05) is 0 Å². The van der Waals surface area contributed by atoms with Gasteiger partial charge in [0.05, 0.1) is 10.6 Å². The van der Waals surface area contributed by atoms with Gasteiger partial charge in [0.25, 0.3) is 5.91 Å². The Morgan fingerprint density at radius 2 is 2.05 bits per heavy atom. The molecule has 0 radical (unpaired) electrons. The summed E-state index contributed by atoms with van der Waals surface area (Å²) in [5.41, 5.74) is 1.03. The minimum Gasteiger partial charge on any atom is -0.479 e. The first kappa shape index (κ1) is 15.9. The number of carbonyl (C=O) groups is 2. The van der Waals surface area contributed by atoms with Crippen LogP contribution in [0.3, 0.4) is 0 Å². The van der Waals surface area contributed by atoms with E-state index >= 15 is 0 Å². The first-order valence-electron chi connectivity index (χ1n) is 6.30. The Kier molecular flexibility index (Phi) is 4.72. The molecule has 0 unspecified atom stereocenters. The van der Waals surface area contributed by atoms with Gasteiger partial charge in [0.2, 0.25) is 0 Å². The van der Waals surface area contributed by atoms with Crippen LogP contribution in [0.2, 0.25) is 5.02 Å². The van der Waals surface area contributed by atoms with Gasteiger partial charge in [0, 0.05) is 11.9 Å². The molecule has 0 aliphatic heterocycles. The summed E-state index contributed by atoms with van der Waals surface area (Å²) in [7, 11) is 0. The molecule has 1 heterocycles. The lowest BCUT2D eigenvalue weighted by molar-refractivity contribution is -0.139. The van der Waals surface area contributed by atoms with Crippen molar-refractivity contribution in [3.8, 4) is 0 Å². The fourth-order valence-electron chi connectivity index (χ4n) is 1.80. The molecule has 1 aromatic heterocycles. The van der Waals surface area contributed by atoms with Crippen LogP contribution in [0.5, 0.6) is 0 Å². The van der Waals surface area contributed by atoms with E-state index < -0.39 is 23.7 Å². The van der Waals surface area contributed by atoms with E-state index in [4.69, 9.17) is 11.6 Å². The minimum absolute atomic E-state index is 0.0859. The predicted octanol–water partition coefficient (Wildman–Crippen LogP) is 2.74. The second-order valence-electron chi connectivity index (χ2n) is 4.61. The number of aliphatic carboxylic acids is 1. The fourth-order valence-corrected chi connectivity index (χ4v) is 1.91. The number of carboxylic acid groups (broad SMARTS) is 1. The standard InChI is InChI=1S/C15H12ClFN2O3/c1-8-2-3-10(7-18-8)14(20)19-13(15(21)22)9-4-5-11(16)12(17)6-9/h2-7,13H,1H3,(H,19,20)(H,21,22)/t13-/m1/s1. The quantitative estimate of drug-likeness (QED) is 0.907. The van der Waals surface area contributed by atoms with Crippen LogP contribution >= 0.6 is 11.6 Å². The highest BCUT2D eigenvalue weighted by Crippen LogP contribution is 2.21. The van der Waals surface area contributed by atoms with Crippen molar-refractivity contribution in [1.82, 2.24) is 10.3 Å². The number of hydrogen-bond acceptors (Lipinski definition) is 3. The molecule has 0 saturated heterocycles. The van der Waals surface area contributed by atoms with Gasteiger partial charge in [0.15, 0.2) is 6.04 Å². The van der Waals surface area contributed by atoms with Gasteiger partial charge in [-0.15, -0.1) is 0 Å². The van der Waals surface area contributed by atoms with Crippen molar-refractivity contribution >= 4 is 23.5 Å². The number of nitrogens with zero attached hydrogens (tertiary/aromatic N) is 1. The fraction of sp³-hybridized carbons (Fsp3) is 0.133. The van der Waals surface area contributed by atoms with Crippen LogP contribution in [-0.4, -0.2) is 22.0 Å². The monoisotopic (exact) mass is 322 g/mol. The van der Waals surface area contributed by atoms with E-state index in [9.17, 15) is 19.1 Å². The zero-order valence-corrected chi connectivity index (χ0v) is 12.3. The van der Waals surface area contributed by atoms with E-state index in [0.717, 1.165) is 11.8 Å². The zero-order chi connectivity index (χ0) is 16.3. The zero-order valence-electron chi connectivity index (χ0n) is 11.5. The topological polar surface area (TPSA) is 79.3 Å². The molecule has 0 aliphatic carbocycles. The molecule has 0 spiro atoms. The Bertz CT molecular complexity index is 719. The summed E-state index contributed by atoms with van der Waals surface area (Å²) in [5, 5.41) is 11.4. The molecule has 2 rings (SSSR count). The van der Waals surface area contributed by atoms with Gasteiger partial charge >= 0.3 is 5.97 Å². The third-order valence-electron chi connectivity index (χ3n) is 2.97. The third kappa shape index (κ3) is 3.59. The highest BCUT2D eigenvalue weighted by molar-refractivity contribution is 6.30. The molecule has 2 N–H and O–H groups in total. The maximum Gasteiger partial charge on any atom is 0.330 e. The van der Waals surface area contributed by atoms with Gasteiger partial charge in [-0.25, -0.2) is 9.18 Å². The van der Waals surface area contributed by atoms with Gasteiger partial charge in [-0.2, -0.15) is 0 Å². The number of benzene rings is 1. The largest absolute Gasteiger partial charge is 0.479 e. The molecule has 0 fully saturated rings. The van der Waals surface area contributed by atoms with Crippen LogP contribution in [-0.2, 0) is 4.79 Å². The molecule has 114 valence electrons. The van der Waals surface area contributed by atoms with Gasteiger partial charge in [-0.1, -0.05) is 17.7 Å². The van der Waals surface area contributed by atoms with E-state index in [1.54, 1.807) is 13.0 Å². The third-order valence-corrected chi connectivity index (χ3v) is 3.28. The molecule has 22 heavy (non-hydrogen) atoms. The molecule has 2 aromatic rings. The average Bonchev–Trinajstić information content (AvgIpc) is 2.48. The van der Waals surface area contributed by atoms with Crippen molar-refractivity contribution in [3.63, 3.8) is 0 Å². The SMILES string of the molecule is Cc1ccc(C(=O)N[C@@H](C(=O)O)c2ccc(Cl)c(F)c2)cn1. The summed E-state index contributed by atoms with van der Waals surface area (Å²) in [6.45, 7) is 1.76. The number of amides is 1. The number of pyridine rings is 1. The normalized spacial score (nSPS) is 11.8. The molecule has 0 aliphatic rings. The first-order valence-corrected chi connectivity index (χ1v) is 6.67. The average molecular weight is 323 g/mol. The Hall–Kier alpha value is -2.47. The Morgan fingerprint density at radius 3 is 2.59 bits per heavy atom. The van der Waals surface area contributed by atoms with Crippen molar-refractivity contribution in [3.05, 3.63) is 64.2 Å². The molecule has 0 saturated carbocycles. The number of rotatable bonds is 4. The summed E-state index contributed by atoms with van der Waals surface area (Å²) in [5.74, 6) is -2.68. The van der Waals surface area contributed by atoms with Crippen LogP contribution in [0.15, 0.2) is 36.5 Å². The Labute approximate surface area is 130 Å². The van der Waals surface area contributed by atoms with Crippen molar-refractivity contribution in [1.29, 1.82) is 0 Å². The molecule has 7 heteroatoms. The highest BCUT2D eigenvalue weighted by atomic mass is 35.5. The van der Waals surface area contributed by atoms with Crippen molar-refractivity contribution < 1.29 is 19.1 Å². The van der Waals surface area contributed by atoms with Crippen molar-refractivity contribution in [2.45, 2.75) is 13.0 Å². The van der Waals surface area contributed by atoms with Gasteiger partial charge < -0.3 is 10.4 Å². The summed E-state index contributed by atoms with van der Waals surface area (Å²) in [6, 6.07) is 5.33. The smallest absolute Gasteiger partial charge is 0.330 e. The van der Waals surface area contributed by atoms with Crippen LogP contribution in [0.4, 0.5) is 4.39 Å². The number of carbonyl (C=O) groups excluding carboxylic acids is 1. The van der Waals surface area contributed by atoms with Crippen LogP contribution in [0.1, 0.15) is 27.7 Å². The maximum absolute atomic E-state index is 13.5. The minimum atomic E-state index is -1.39. The van der Waals surface area contributed by atoms with Gasteiger partial charge in [0.1, 0.15) is 5.82 Å². The summed E-state index contributed by atoms with van der Waals surface area (Å²) in [6.07, 6.45) is 1.34. The lowest BCUT2D eigenvalue weighted by Crippen LogP contribution is -2.33. The lowest BCUT2D eigenvalue weighted by Gasteiger charge is -2.15. The van der Waals surface area contributed by atoms with E-state index in [-0.39, 0.29) is 16.1 Å². The second-order valence-corrected chi connectivity index (χ2v) is 5.01. The molecule has 1 atom stereocenters. The van der Waals surface area contributed by atoms with Gasteiger partial charge in [-0.05, 0) is 36.8 Å².